The maximum atomic E-state index is 13.8. The molecular weight excluding hydrogens is 513 g/mol. The van der Waals surface area contributed by atoms with E-state index < -0.39 is 17.7 Å². The zero-order valence-corrected chi connectivity index (χ0v) is 22.0. The van der Waals surface area contributed by atoms with Crippen LogP contribution in [0.2, 0.25) is 0 Å². The molecule has 3 aromatic rings. The average molecular weight is 545 g/mol. The lowest BCUT2D eigenvalue weighted by Crippen LogP contribution is -2.29. The predicted molar refractivity (Wildman–Crippen MR) is 139 cm³/mol. The summed E-state index contributed by atoms with van der Waals surface area (Å²) in [7, 11) is 1.30. The molecule has 2 aromatic carbocycles. The van der Waals surface area contributed by atoms with E-state index in [2.05, 4.69) is 10.4 Å². The van der Waals surface area contributed by atoms with E-state index in [9.17, 15) is 22.8 Å². The molecule has 0 saturated heterocycles. The van der Waals surface area contributed by atoms with Gasteiger partial charge in [0.1, 0.15) is 11.4 Å². The summed E-state index contributed by atoms with van der Waals surface area (Å²) in [6.45, 7) is 4.55. The van der Waals surface area contributed by atoms with Gasteiger partial charge in [0, 0.05) is 19.7 Å². The summed E-state index contributed by atoms with van der Waals surface area (Å²) < 4.78 is 47.7. The van der Waals surface area contributed by atoms with Crippen molar-refractivity contribution >= 4 is 17.7 Å². The molecular formula is C28H31F3N4O4. The van der Waals surface area contributed by atoms with Crippen LogP contribution in [0, 0.1) is 6.92 Å². The number of aryl methyl sites for hydroxylation is 2. The number of aliphatic hydroxyl groups excluding tert-OH is 1. The lowest BCUT2D eigenvalue weighted by molar-refractivity contribution is -0.138. The number of alkyl halides is 3. The number of aliphatic hydroxyl groups is 1. The van der Waals surface area contributed by atoms with Gasteiger partial charge in [-0.1, -0.05) is 24.3 Å². The first-order chi connectivity index (χ1) is 18.5. The number of amides is 1. The molecule has 0 spiro atoms. The van der Waals surface area contributed by atoms with E-state index in [4.69, 9.17) is 9.84 Å². The van der Waals surface area contributed by atoms with E-state index in [0.29, 0.717) is 41.3 Å². The Morgan fingerprint density at radius 2 is 1.87 bits per heavy atom. The lowest BCUT2D eigenvalue weighted by Gasteiger charge is -2.22. The van der Waals surface area contributed by atoms with Crippen LogP contribution >= 0.6 is 0 Å². The molecule has 0 bridgehead atoms. The summed E-state index contributed by atoms with van der Waals surface area (Å²) in [6, 6.07) is 10.6. The topological polar surface area (TPSA) is 96.7 Å². The zero-order valence-electron chi connectivity index (χ0n) is 22.0. The number of rotatable bonds is 9. The minimum absolute atomic E-state index is 0.134. The first-order valence-electron chi connectivity index (χ1n) is 12.6. The average Bonchev–Trinajstić information content (AvgIpc) is 3.44. The molecule has 11 heteroatoms. The summed E-state index contributed by atoms with van der Waals surface area (Å²) in [6.07, 6.45) is -4.13. The highest BCUT2D eigenvalue weighted by molar-refractivity contribution is 6.00. The SMILES string of the molecule is COC(=O)c1ccc([C@H](C)NC(=O)c2c(C)nn3c2N(Cc2ccc(CCCO)c(C(F)(F)F)c2)CC3)cc1. The van der Waals surface area contributed by atoms with Gasteiger partial charge in [-0.05, 0) is 61.6 Å². The molecule has 0 saturated carbocycles. The van der Waals surface area contributed by atoms with Gasteiger partial charge in [0.05, 0.1) is 36.5 Å². The number of ether oxygens (including phenoxy) is 1. The quantitative estimate of drug-likeness (QED) is 0.387. The molecule has 1 aliphatic heterocycles. The molecule has 0 fully saturated rings. The van der Waals surface area contributed by atoms with E-state index in [0.717, 1.165) is 11.6 Å². The molecule has 1 aliphatic rings. The standard InChI is InChI=1S/C28H31F3N4O4/c1-17(20-8-10-22(11-9-20)27(38)39-3)32-25(37)24-18(2)33-35-13-12-34(26(24)35)16-19-6-7-21(5-4-14-36)23(15-19)28(29,30)31/h6-11,15,17,36H,4-5,12-14,16H2,1-3H3,(H,32,37)/t17-/m0/s1. The molecule has 0 unspecified atom stereocenters. The first-order valence-corrected chi connectivity index (χ1v) is 12.6. The smallest absolute Gasteiger partial charge is 0.416 e. The number of aromatic nitrogens is 2. The number of methoxy groups -OCH3 is 1. The van der Waals surface area contributed by atoms with Gasteiger partial charge in [-0.15, -0.1) is 0 Å². The minimum Gasteiger partial charge on any atom is -0.465 e. The monoisotopic (exact) mass is 544 g/mol. The highest BCUT2D eigenvalue weighted by Gasteiger charge is 2.34. The van der Waals surface area contributed by atoms with Gasteiger partial charge in [-0.25, -0.2) is 9.48 Å². The van der Waals surface area contributed by atoms with E-state index in [1.165, 1.54) is 13.2 Å². The van der Waals surface area contributed by atoms with E-state index in [1.807, 2.05) is 11.8 Å². The maximum Gasteiger partial charge on any atom is 0.416 e. The summed E-state index contributed by atoms with van der Waals surface area (Å²) in [5.41, 5.74) is 1.99. The molecule has 1 amide bonds. The van der Waals surface area contributed by atoms with E-state index in [1.54, 1.807) is 41.9 Å². The van der Waals surface area contributed by atoms with Gasteiger partial charge in [0.2, 0.25) is 0 Å². The second-order valence-electron chi connectivity index (χ2n) is 9.55. The number of halogens is 3. The van der Waals surface area contributed by atoms with Crippen LogP contribution in [0.5, 0.6) is 0 Å². The zero-order chi connectivity index (χ0) is 28.3. The van der Waals surface area contributed by atoms with Crippen LogP contribution in [0.3, 0.4) is 0 Å². The Kier molecular flexibility index (Phi) is 8.29. The first kappa shape index (κ1) is 28.2. The number of fused-ring (bicyclic) bond motifs is 1. The molecule has 208 valence electrons. The number of hydrogen-bond acceptors (Lipinski definition) is 6. The fraction of sp³-hybridized carbons (Fsp3) is 0.393. The van der Waals surface area contributed by atoms with E-state index >= 15 is 0 Å². The van der Waals surface area contributed by atoms with Crippen molar-refractivity contribution in [2.45, 2.75) is 52.0 Å². The van der Waals surface area contributed by atoms with Crippen molar-refractivity contribution in [3.63, 3.8) is 0 Å². The third-order valence-corrected chi connectivity index (χ3v) is 6.85. The molecule has 8 nitrogen and oxygen atoms in total. The fourth-order valence-corrected chi connectivity index (χ4v) is 4.86. The third-order valence-electron chi connectivity index (χ3n) is 6.85. The van der Waals surface area contributed by atoms with Gasteiger partial charge in [0.15, 0.2) is 0 Å². The normalized spacial score (nSPS) is 13.8. The Labute approximate surface area is 224 Å². The van der Waals surface area contributed by atoms with Crippen LogP contribution in [0.1, 0.15) is 68.1 Å². The number of anilines is 1. The number of nitrogens with zero attached hydrogens (tertiary/aromatic N) is 3. The number of carbonyl (C=O) groups excluding carboxylic acids is 2. The molecule has 2 heterocycles. The summed E-state index contributed by atoms with van der Waals surface area (Å²) >= 11 is 0. The highest BCUT2D eigenvalue weighted by atomic mass is 19.4. The molecule has 0 radical (unpaired) electrons. The molecule has 0 aliphatic carbocycles. The molecule has 4 rings (SSSR count). The van der Waals surface area contributed by atoms with Crippen LogP contribution in [0.4, 0.5) is 19.0 Å². The van der Waals surface area contributed by atoms with Gasteiger partial charge < -0.3 is 20.1 Å². The Morgan fingerprint density at radius 3 is 2.51 bits per heavy atom. The summed E-state index contributed by atoms with van der Waals surface area (Å²) in [4.78, 5) is 26.9. The number of benzene rings is 2. The van der Waals surface area contributed by atoms with Crippen molar-refractivity contribution < 1.29 is 32.6 Å². The second-order valence-corrected chi connectivity index (χ2v) is 9.55. The molecule has 1 aromatic heterocycles. The number of carbonyl (C=O) groups is 2. The largest absolute Gasteiger partial charge is 0.465 e. The molecule has 1 atom stereocenters. The molecule has 2 N–H and O–H groups in total. The third kappa shape index (κ3) is 6.08. The second kappa shape index (κ2) is 11.5. The van der Waals surface area contributed by atoms with Crippen LogP contribution < -0.4 is 10.2 Å². The van der Waals surface area contributed by atoms with Crippen LogP contribution in [-0.4, -0.2) is 47.0 Å². The number of esters is 1. The van der Waals surface area contributed by atoms with Crippen molar-refractivity contribution in [2.75, 3.05) is 25.2 Å². The van der Waals surface area contributed by atoms with Crippen molar-refractivity contribution in [1.29, 1.82) is 0 Å². The van der Waals surface area contributed by atoms with Crippen molar-refractivity contribution in [3.05, 3.63) is 81.5 Å². The Balaban J connectivity index is 1.54. The number of hydrogen-bond donors (Lipinski definition) is 2. The maximum absolute atomic E-state index is 13.8. The van der Waals surface area contributed by atoms with Crippen LogP contribution in [0.15, 0.2) is 42.5 Å². The summed E-state index contributed by atoms with van der Waals surface area (Å²) in [5, 5.41) is 16.5. The Hall–Kier alpha value is -3.86. The van der Waals surface area contributed by atoms with Crippen LogP contribution in [-0.2, 0) is 30.4 Å². The molecule has 39 heavy (non-hydrogen) atoms. The van der Waals surface area contributed by atoms with Gasteiger partial charge >= 0.3 is 12.1 Å². The van der Waals surface area contributed by atoms with E-state index in [-0.39, 0.29) is 43.5 Å². The van der Waals surface area contributed by atoms with Gasteiger partial charge in [0.25, 0.3) is 5.91 Å². The fourth-order valence-electron chi connectivity index (χ4n) is 4.86. The highest BCUT2D eigenvalue weighted by Crippen LogP contribution is 2.35. The van der Waals surface area contributed by atoms with Crippen molar-refractivity contribution in [2.24, 2.45) is 0 Å². The Morgan fingerprint density at radius 1 is 1.15 bits per heavy atom. The van der Waals surface area contributed by atoms with Crippen molar-refractivity contribution in [3.8, 4) is 0 Å². The number of nitrogens with one attached hydrogen (secondary N) is 1. The summed E-state index contributed by atoms with van der Waals surface area (Å²) in [5.74, 6) is -0.233. The van der Waals surface area contributed by atoms with Gasteiger partial charge in [-0.2, -0.15) is 18.3 Å². The van der Waals surface area contributed by atoms with Crippen LogP contribution in [0.25, 0.3) is 0 Å². The predicted octanol–water partition coefficient (Wildman–Crippen LogP) is 4.43. The van der Waals surface area contributed by atoms with Gasteiger partial charge in [-0.3, -0.25) is 4.79 Å². The van der Waals surface area contributed by atoms with Crippen molar-refractivity contribution in [1.82, 2.24) is 15.1 Å². The Bertz CT molecular complexity index is 1350. The lowest BCUT2D eigenvalue weighted by atomic mass is 9.99. The minimum atomic E-state index is -4.51.